The standard InChI is InChI=1S/2C21H30O4/c1-5-23-13-17(3)15-25-21-11-7-8-18-19(21)9-6-10-20(18)24-14-16(2)12-22-4;1-5-23-13-17(3)15-25-21-9-7-18-10-20(8-6-19(18)11-21)24-14-16(2)12-22-4/h2*6-11,16-17H,5,12-15H2,1-4H3. The Morgan fingerprint density at radius 2 is 0.820 bits per heavy atom. The van der Waals surface area contributed by atoms with Gasteiger partial charge in [-0.05, 0) is 61.0 Å². The van der Waals surface area contributed by atoms with E-state index in [9.17, 15) is 0 Å². The Kier molecular flexibility index (Phi) is 18.8. The molecule has 4 aromatic carbocycles. The first-order valence-electron chi connectivity index (χ1n) is 18.0. The highest BCUT2D eigenvalue weighted by atomic mass is 16.5. The first kappa shape index (κ1) is 40.9. The second-order valence-electron chi connectivity index (χ2n) is 13.2. The quantitative estimate of drug-likeness (QED) is 0.0808. The summed E-state index contributed by atoms with van der Waals surface area (Å²) < 4.78 is 45.0. The van der Waals surface area contributed by atoms with E-state index >= 15 is 0 Å². The molecule has 0 aliphatic heterocycles. The van der Waals surface area contributed by atoms with E-state index < -0.39 is 0 Å². The summed E-state index contributed by atoms with van der Waals surface area (Å²) in [6.45, 7) is 19.4. The van der Waals surface area contributed by atoms with E-state index in [1.54, 1.807) is 14.2 Å². The van der Waals surface area contributed by atoms with E-state index in [4.69, 9.17) is 37.9 Å². The molecule has 0 aliphatic carbocycles. The van der Waals surface area contributed by atoms with E-state index in [0.29, 0.717) is 69.9 Å². The lowest BCUT2D eigenvalue weighted by Gasteiger charge is -2.16. The molecular formula is C42H60O8. The van der Waals surface area contributed by atoms with Crippen molar-refractivity contribution in [2.75, 3.05) is 80.3 Å². The Labute approximate surface area is 300 Å². The first-order valence-corrected chi connectivity index (χ1v) is 18.0. The maximum Gasteiger partial charge on any atom is 0.127 e. The van der Waals surface area contributed by atoms with Crippen LogP contribution in [0.25, 0.3) is 21.5 Å². The molecule has 0 amide bonds. The predicted molar refractivity (Wildman–Crippen MR) is 203 cm³/mol. The van der Waals surface area contributed by atoms with E-state index in [0.717, 1.165) is 64.4 Å². The van der Waals surface area contributed by atoms with Crippen LogP contribution in [-0.2, 0) is 18.9 Å². The van der Waals surface area contributed by atoms with Gasteiger partial charge in [0.2, 0.25) is 0 Å². The molecule has 0 saturated carbocycles. The molecular weight excluding hydrogens is 632 g/mol. The summed E-state index contributed by atoms with van der Waals surface area (Å²) in [7, 11) is 3.42. The van der Waals surface area contributed by atoms with Crippen LogP contribution in [0.1, 0.15) is 41.5 Å². The molecule has 4 unspecified atom stereocenters. The van der Waals surface area contributed by atoms with Gasteiger partial charge in [0.1, 0.15) is 23.0 Å². The normalized spacial score (nSPS) is 13.6. The molecule has 0 saturated heterocycles. The van der Waals surface area contributed by atoms with Crippen LogP contribution >= 0.6 is 0 Å². The third kappa shape index (κ3) is 14.4. The maximum atomic E-state index is 6.04. The number of methoxy groups -OCH3 is 2. The lowest BCUT2D eigenvalue weighted by molar-refractivity contribution is 0.0940. The van der Waals surface area contributed by atoms with Crippen LogP contribution in [0.4, 0.5) is 0 Å². The summed E-state index contributed by atoms with van der Waals surface area (Å²) in [4.78, 5) is 0. The van der Waals surface area contributed by atoms with Crippen molar-refractivity contribution >= 4 is 21.5 Å². The second kappa shape index (κ2) is 23.0. The van der Waals surface area contributed by atoms with Crippen molar-refractivity contribution in [1.82, 2.24) is 0 Å². The highest BCUT2D eigenvalue weighted by Gasteiger charge is 2.11. The fraction of sp³-hybridized carbons (Fsp3) is 0.524. The van der Waals surface area contributed by atoms with E-state index in [1.165, 1.54) is 0 Å². The predicted octanol–water partition coefficient (Wildman–Crippen LogP) is 9.11. The van der Waals surface area contributed by atoms with Gasteiger partial charge in [-0.2, -0.15) is 0 Å². The van der Waals surface area contributed by atoms with Crippen molar-refractivity contribution in [2.24, 2.45) is 23.7 Å². The van der Waals surface area contributed by atoms with E-state index in [1.807, 2.05) is 50.2 Å². The number of hydrogen-bond acceptors (Lipinski definition) is 8. The van der Waals surface area contributed by atoms with Crippen LogP contribution < -0.4 is 18.9 Å². The fourth-order valence-electron chi connectivity index (χ4n) is 5.23. The Morgan fingerprint density at radius 1 is 0.440 bits per heavy atom. The number of hydrogen-bond donors (Lipinski definition) is 0. The molecule has 4 rings (SSSR count). The summed E-state index contributed by atoms with van der Waals surface area (Å²) >= 11 is 0. The fourth-order valence-corrected chi connectivity index (χ4v) is 5.23. The highest BCUT2D eigenvalue weighted by molar-refractivity contribution is 5.93. The molecule has 0 aliphatic rings. The summed E-state index contributed by atoms with van der Waals surface area (Å²) in [5.41, 5.74) is 0. The molecule has 0 heterocycles. The van der Waals surface area contributed by atoms with Gasteiger partial charge in [-0.25, -0.2) is 0 Å². The molecule has 0 bridgehead atoms. The van der Waals surface area contributed by atoms with Crippen LogP contribution in [0.3, 0.4) is 0 Å². The zero-order valence-electron chi connectivity index (χ0n) is 31.6. The Balaban J connectivity index is 0.000000270. The van der Waals surface area contributed by atoms with Crippen molar-refractivity contribution in [3.8, 4) is 23.0 Å². The minimum Gasteiger partial charge on any atom is -0.493 e. The third-order valence-electron chi connectivity index (χ3n) is 7.86. The molecule has 4 aromatic rings. The lowest BCUT2D eigenvalue weighted by atomic mass is 10.1. The molecule has 0 radical (unpaired) electrons. The number of rotatable bonds is 22. The Hall–Kier alpha value is -3.56. The van der Waals surface area contributed by atoms with Crippen LogP contribution in [0.5, 0.6) is 23.0 Å². The lowest BCUT2D eigenvalue weighted by Crippen LogP contribution is -2.15. The van der Waals surface area contributed by atoms with Crippen molar-refractivity contribution in [2.45, 2.75) is 41.5 Å². The number of ether oxygens (including phenoxy) is 8. The van der Waals surface area contributed by atoms with Crippen molar-refractivity contribution in [1.29, 1.82) is 0 Å². The van der Waals surface area contributed by atoms with Gasteiger partial charge in [0.25, 0.3) is 0 Å². The Bertz CT molecular complexity index is 1510. The van der Waals surface area contributed by atoms with Crippen molar-refractivity contribution in [3.05, 3.63) is 72.8 Å². The van der Waals surface area contributed by atoms with Crippen LogP contribution in [0.2, 0.25) is 0 Å². The molecule has 276 valence electrons. The topological polar surface area (TPSA) is 73.8 Å². The second-order valence-corrected chi connectivity index (χ2v) is 13.2. The summed E-state index contributed by atoms with van der Waals surface area (Å²) in [5, 5.41) is 4.43. The average Bonchev–Trinajstić information content (AvgIpc) is 3.13. The summed E-state index contributed by atoms with van der Waals surface area (Å²) in [5.74, 6) is 4.98. The molecule has 0 spiro atoms. The monoisotopic (exact) mass is 692 g/mol. The van der Waals surface area contributed by atoms with Gasteiger partial charge in [-0.15, -0.1) is 0 Å². The molecule has 50 heavy (non-hydrogen) atoms. The van der Waals surface area contributed by atoms with Crippen LogP contribution in [0.15, 0.2) is 72.8 Å². The number of fused-ring (bicyclic) bond motifs is 2. The smallest absolute Gasteiger partial charge is 0.127 e. The van der Waals surface area contributed by atoms with E-state index in [-0.39, 0.29) is 0 Å². The van der Waals surface area contributed by atoms with Crippen LogP contribution in [-0.4, -0.2) is 80.3 Å². The van der Waals surface area contributed by atoms with E-state index in [2.05, 4.69) is 64.1 Å². The van der Waals surface area contributed by atoms with Gasteiger partial charge in [0.15, 0.2) is 0 Å². The largest absolute Gasteiger partial charge is 0.493 e. The highest BCUT2D eigenvalue weighted by Crippen LogP contribution is 2.33. The molecule has 0 aromatic heterocycles. The Morgan fingerprint density at radius 3 is 1.20 bits per heavy atom. The zero-order chi connectivity index (χ0) is 36.1. The summed E-state index contributed by atoms with van der Waals surface area (Å²) in [6.07, 6.45) is 0. The maximum absolute atomic E-state index is 6.04. The summed E-state index contributed by atoms with van der Waals surface area (Å²) in [6, 6.07) is 24.5. The van der Waals surface area contributed by atoms with Crippen molar-refractivity contribution < 1.29 is 37.9 Å². The van der Waals surface area contributed by atoms with Crippen molar-refractivity contribution in [3.63, 3.8) is 0 Å². The van der Waals surface area contributed by atoms with Gasteiger partial charge in [-0.1, -0.05) is 64.1 Å². The first-order chi connectivity index (χ1) is 24.3. The molecule has 8 nitrogen and oxygen atoms in total. The minimum absolute atomic E-state index is 0.346. The molecule has 8 heteroatoms. The molecule has 4 atom stereocenters. The number of benzene rings is 4. The minimum atomic E-state index is 0.346. The zero-order valence-corrected chi connectivity index (χ0v) is 31.6. The molecule has 0 N–H and O–H groups in total. The average molecular weight is 693 g/mol. The van der Waals surface area contributed by atoms with Gasteiger partial charge in [-0.3, -0.25) is 0 Å². The van der Waals surface area contributed by atoms with Crippen LogP contribution in [0, 0.1) is 23.7 Å². The molecule has 0 fully saturated rings. The van der Waals surface area contributed by atoms with Gasteiger partial charge < -0.3 is 37.9 Å². The SMILES string of the molecule is CCOCC(C)COc1ccc2cc(OCC(C)COC)ccc2c1.CCOCC(C)COc1cccc2c(OCC(C)COC)cccc12. The van der Waals surface area contributed by atoms with Gasteiger partial charge in [0.05, 0.1) is 52.9 Å². The van der Waals surface area contributed by atoms with Gasteiger partial charge >= 0.3 is 0 Å². The van der Waals surface area contributed by atoms with Gasteiger partial charge in [0, 0.05) is 61.9 Å². The third-order valence-corrected chi connectivity index (χ3v) is 7.86.